The van der Waals surface area contributed by atoms with E-state index in [-0.39, 0.29) is 24.6 Å². The lowest BCUT2D eigenvalue weighted by molar-refractivity contribution is -0.123. The molecule has 0 saturated carbocycles. The van der Waals surface area contributed by atoms with Crippen molar-refractivity contribution in [2.45, 2.75) is 13.1 Å². The topological polar surface area (TPSA) is 99.0 Å². The Balaban J connectivity index is 1.53. The molecule has 0 bridgehead atoms. The summed E-state index contributed by atoms with van der Waals surface area (Å²) >= 11 is 0. The Kier molecular flexibility index (Phi) is 5.75. The molecular weight excluding hydrogens is 382 g/mol. The molecule has 1 N–H and O–H groups in total. The van der Waals surface area contributed by atoms with Gasteiger partial charge in [-0.1, -0.05) is 24.3 Å². The van der Waals surface area contributed by atoms with Gasteiger partial charge in [0.1, 0.15) is 5.75 Å². The van der Waals surface area contributed by atoms with Gasteiger partial charge in [0, 0.05) is 24.0 Å². The molecule has 30 heavy (non-hydrogen) atoms. The number of carbonyl (C=O) groups is 1. The maximum Gasteiger partial charge on any atom is 0.274 e. The summed E-state index contributed by atoms with van der Waals surface area (Å²) in [5.74, 6) is 0.219. The van der Waals surface area contributed by atoms with Crippen molar-refractivity contribution >= 4 is 16.7 Å². The zero-order valence-electron chi connectivity index (χ0n) is 16.1. The van der Waals surface area contributed by atoms with Crippen LogP contribution in [0.15, 0.2) is 78.1 Å². The van der Waals surface area contributed by atoms with Gasteiger partial charge in [-0.05, 0) is 29.8 Å². The van der Waals surface area contributed by atoms with Crippen molar-refractivity contribution < 1.29 is 9.53 Å². The standard InChI is InChI=1S/C22H19N5O3/c28-21(15-30-17-6-4-10-24-12-17)25-13-20-18-7-1-2-8-19(18)22(29)27(26-20)14-16-5-3-9-23-11-16/h1-12H,13-15H2,(H,25,28). The van der Waals surface area contributed by atoms with Crippen molar-refractivity contribution in [1.82, 2.24) is 25.1 Å². The summed E-state index contributed by atoms with van der Waals surface area (Å²) < 4.78 is 6.80. The molecule has 3 aromatic heterocycles. The molecule has 0 fully saturated rings. The molecule has 1 aromatic carbocycles. The molecule has 150 valence electrons. The predicted octanol–water partition coefficient (Wildman–Crippen LogP) is 1.93. The number of hydrogen-bond acceptors (Lipinski definition) is 6. The van der Waals surface area contributed by atoms with Gasteiger partial charge in [0.2, 0.25) is 0 Å². The van der Waals surface area contributed by atoms with Gasteiger partial charge in [-0.25, -0.2) is 4.68 Å². The number of aromatic nitrogens is 4. The fourth-order valence-corrected chi connectivity index (χ4v) is 3.02. The quantitative estimate of drug-likeness (QED) is 0.508. The van der Waals surface area contributed by atoms with Crippen LogP contribution >= 0.6 is 0 Å². The van der Waals surface area contributed by atoms with Gasteiger partial charge in [0.15, 0.2) is 6.61 Å². The SMILES string of the molecule is O=C(COc1cccnc1)NCc1nn(Cc2cccnc2)c(=O)c2ccccc12. The van der Waals surface area contributed by atoms with E-state index in [9.17, 15) is 9.59 Å². The maximum absolute atomic E-state index is 12.8. The summed E-state index contributed by atoms with van der Waals surface area (Å²) in [7, 11) is 0. The van der Waals surface area contributed by atoms with Gasteiger partial charge in [-0.15, -0.1) is 0 Å². The molecule has 0 aliphatic heterocycles. The molecule has 8 heteroatoms. The van der Waals surface area contributed by atoms with Crippen LogP contribution in [0.5, 0.6) is 5.75 Å². The highest BCUT2D eigenvalue weighted by Crippen LogP contribution is 2.14. The third-order valence-corrected chi connectivity index (χ3v) is 4.46. The molecule has 0 saturated heterocycles. The van der Waals surface area contributed by atoms with Crippen LogP contribution in [0.3, 0.4) is 0 Å². The van der Waals surface area contributed by atoms with Crippen LogP contribution in [0.25, 0.3) is 10.8 Å². The van der Waals surface area contributed by atoms with Crippen molar-refractivity contribution in [3.8, 4) is 5.75 Å². The lowest BCUT2D eigenvalue weighted by Crippen LogP contribution is -2.31. The summed E-state index contributed by atoms with van der Waals surface area (Å²) in [4.78, 5) is 33.1. The van der Waals surface area contributed by atoms with E-state index in [0.717, 1.165) is 5.56 Å². The highest BCUT2D eigenvalue weighted by Gasteiger charge is 2.12. The number of rotatable bonds is 7. The summed E-state index contributed by atoms with van der Waals surface area (Å²) in [6.45, 7) is 0.324. The molecule has 0 aliphatic carbocycles. The minimum Gasteiger partial charge on any atom is -0.482 e. The minimum atomic E-state index is -0.297. The normalized spacial score (nSPS) is 10.7. The lowest BCUT2D eigenvalue weighted by Gasteiger charge is -2.12. The molecule has 0 atom stereocenters. The van der Waals surface area contributed by atoms with E-state index in [1.807, 2.05) is 30.3 Å². The van der Waals surface area contributed by atoms with E-state index in [2.05, 4.69) is 20.4 Å². The molecule has 8 nitrogen and oxygen atoms in total. The predicted molar refractivity (Wildman–Crippen MR) is 111 cm³/mol. The van der Waals surface area contributed by atoms with Crippen molar-refractivity contribution in [3.63, 3.8) is 0 Å². The number of nitrogens with one attached hydrogen (secondary N) is 1. The smallest absolute Gasteiger partial charge is 0.274 e. The molecule has 3 heterocycles. The highest BCUT2D eigenvalue weighted by atomic mass is 16.5. The number of benzene rings is 1. The Morgan fingerprint density at radius 1 is 0.967 bits per heavy atom. The Morgan fingerprint density at radius 2 is 1.73 bits per heavy atom. The molecule has 0 spiro atoms. The van der Waals surface area contributed by atoms with Crippen LogP contribution in [0.2, 0.25) is 0 Å². The number of fused-ring (bicyclic) bond motifs is 1. The molecule has 0 aliphatic rings. The lowest BCUT2D eigenvalue weighted by atomic mass is 10.1. The van der Waals surface area contributed by atoms with Gasteiger partial charge >= 0.3 is 0 Å². The Bertz CT molecular complexity index is 1210. The summed E-state index contributed by atoms with van der Waals surface area (Å²) in [5, 5.41) is 8.55. The zero-order chi connectivity index (χ0) is 20.8. The van der Waals surface area contributed by atoms with Crippen molar-refractivity contribution in [2.24, 2.45) is 0 Å². The summed E-state index contributed by atoms with van der Waals surface area (Å²) in [6.07, 6.45) is 6.54. The van der Waals surface area contributed by atoms with Crippen LogP contribution < -0.4 is 15.6 Å². The van der Waals surface area contributed by atoms with Crippen molar-refractivity contribution in [1.29, 1.82) is 0 Å². The third-order valence-electron chi connectivity index (χ3n) is 4.46. The van der Waals surface area contributed by atoms with Crippen molar-refractivity contribution in [2.75, 3.05) is 6.61 Å². The second kappa shape index (κ2) is 8.95. The number of amides is 1. The average Bonchev–Trinajstić information content (AvgIpc) is 2.80. The van der Waals surface area contributed by atoms with Gasteiger partial charge in [-0.3, -0.25) is 19.6 Å². The van der Waals surface area contributed by atoms with Crippen LogP contribution in [-0.4, -0.2) is 32.3 Å². The number of ether oxygens (including phenoxy) is 1. The maximum atomic E-state index is 12.8. The molecule has 4 aromatic rings. The van der Waals surface area contributed by atoms with E-state index in [4.69, 9.17) is 4.74 Å². The van der Waals surface area contributed by atoms with Gasteiger partial charge in [0.05, 0.1) is 30.4 Å². The van der Waals surface area contributed by atoms with Crippen LogP contribution in [0.4, 0.5) is 0 Å². The Morgan fingerprint density at radius 3 is 2.47 bits per heavy atom. The highest BCUT2D eigenvalue weighted by molar-refractivity contribution is 5.84. The first kappa shape index (κ1) is 19.3. The second-order valence-electron chi connectivity index (χ2n) is 6.57. The van der Waals surface area contributed by atoms with Gasteiger partial charge in [-0.2, -0.15) is 5.10 Å². The van der Waals surface area contributed by atoms with Crippen LogP contribution in [0, 0.1) is 0 Å². The van der Waals surface area contributed by atoms with E-state index in [1.54, 1.807) is 36.8 Å². The zero-order valence-corrected chi connectivity index (χ0v) is 16.1. The molecule has 0 radical (unpaired) electrons. The minimum absolute atomic E-state index is 0.140. The monoisotopic (exact) mass is 401 g/mol. The molecule has 4 rings (SSSR count). The second-order valence-corrected chi connectivity index (χ2v) is 6.57. The largest absolute Gasteiger partial charge is 0.482 e. The van der Waals surface area contributed by atoms with E-state index in [1.165, 1.54) is 10.9 Å². The Labute approximate surface area is 172 Å². The van der Waals surface area contributed by atoms with Gasteiger partial charge < -0.3 is 10.1 Å². The van der Waals surface area contributed by atoms with E-state index >= 15 is 0 Å². The average molecular weight is 401 g/mol. The summed E-state index contributed by atoms with van der Waals surface area (Å²) in [5.41, 5.74) is 1.27. The van der Waals surface area contributed by atoms with Crippen molar-refractivity contribution in [3.05, 3.63) is 94.9 Å². The number of nitrogens with zero attached hydrogens (tertiary/aromatic N) is 4. The molecule has 0 unspecified atom stereocenters. The molecular formula is C22H19N5O3. The summed E-state index contributed by atoms with van der Waals surface area (Å²) in [6, 6.07) is 14.4. The van der Waals surface area contributed by atoms with Crippen LogP contribution in [-0.2, 0) is 17.9 Å². The molecule has 1 amide bonds. The first-order valence-corrected chi connectivity index (χ1v) is 9.38. The van der Waals surface area contributed by atoms with E-state index < -0.39 is 0 Å². The van der Waals surface area contributed by atoms with E-state index in [0.29, 0.717) is 28.8 Å². The van der Waals surface area contributed by atoms with Gasteiger partial charge in [0.25, 0.3) is 11.5 Å². The van der Waals surface area contributed by atoms with Crippen LogP contribution in [0.1, 0.15) is 11.3 Å². The Hall–Kier alpha value is -4.07. The number of hydrogen-bond donors (Lipinski definition) is 1. The first-order valence-electron chi connectivity index (χ1n) is 9.38. The third kappa shape index (κ3) is 4.49. The fourth-order valence-electron chi connectivity index (χ4n) is 3.02. The fraction of sp³-hybridized carbons (Fsp3) is 0.136. The first-order chi connectivity index (χ1) is 14.7. The number of carbonyl (C=O) groups excluding carboxylic acids is 1. The number of pyridine rings is 2.